The zero-order chi connectivity index (χ0) is 15.7. The van der Waals surface area contributed by atoms with Gasteiger partial charge in [0.25, 0.3) is 5.91 Å². The third-order valence-corrected chi connectivity index (χ3v) is 3.59. The topological polar surface area (TPSA) is 73.1 Å². The van der Waals surface area contributed by atoms with Crippen molar-refractivity contribution in [2.24, 2.45) is 4.99 Å². The summed E-state index contributed by atoms with van der Waals surface area (Å²) in [5.41, 5.74) is 1.98. The molecule has 3 rings (SSSR count). The van der Waals surface area contributed by atoms with E-state index in [-0.39, 0.29) is 6.54 Å². The van der Waals surface area contributed by atoms with Crippen molar-refractivity contribution in [2.45, 2.75) is 13.0 Å². The second kappa shape index (κ2) is 5.71. The number of nitrogens with zero attached hydrogens (tertiary/aromatic N) is 2. The van der Waals surface area contributed by atoms with E-state index in [9.17, 15) is 15.1 Å². The average Bonchev–Trinajstić information content (AvgIpc) is 2.61. The summed E-state index contributed by atoms with van der Waals surface area (Å²) in [4.78, 5) is 15.8. The lowest BCUT2D eigenvalue weighted by molar-refractivity contribution is -0.125. The van der Waals surface area contributed by atoms with Gasteiger partial charge in [-0.25, -0.2) is 10.1 Å². The molecule has 5 heteroatoms. The largest absolute Gasteiger partial charge is 0.389 e. The Morgan fingerprint density at radius 2 is 1.91 bits per heavy atom. The second-order valence-electron chi connectivity index (χ2n) is 5.23. The van der Waals surface area contributed by atoms with Gasteiger partial charge in [0, 0.05) is 10.8 Å². The van der Waals surface area contributed by atoms with E-state index in [0.717, 1.165) is 10.6 Å². The van der Waals surface area contributed by atoms with Gasteiger partial charge in [0.05, 0.1) is 17.2 Å². The summed E-state index contributed by atoms with van der Waals surface area (Å²) in [5.74, 6) is -0.417. The lowest BCUT2D eigenvalue weighted by Crippen LogP contribution is -2.32. The van der Waals surface area contributed by atoms with Crippen LogP contribution >= 0.6 is 0 Å². The van der Waals surface area contributed by atoms with E-state index in [4.69, 9.17) is 0 Å². The van der Waals surface area contributed by atoms with Crippen molar-refractivity contribution >= 4 is 11.6 Å². The molecule has 1 aliphatic heterocycles. The van der Waals surface area contributed by atoms with E-state index in [1.54, 1.807) is 25.1 Å². The van der Waals surface area contributed by atoms with Gasteiger partial charge in [0.1, 0.15) is 6.54 Å². The molecule has 0 saturated heterocycles. The maximum atomic E-state index is 11.8. The maximum absolute atomic E-state index is 11.8. The lowest BCUT2D eigenvalue weighted by atomic mass is 10.0. The fraction of sp³-hybridized carbons (Fsp3) is 0.176. The molecule has 1 heterocycles. The number of carbonyl (C=O) groups excluding carboxylic acids is 1. The number of aliphatic hydroxyl groups excluding tert-OH is 1. The van der Waals surface area contributed by atoms with Gasteiger partial charge in [-0.05, 0) is 24.6 Å². The minimum absolute atomic E-state index is 0.205. The Morgan fingerprint density at radius 3 is 2.59 bits per heavy atom. The van der Waals surface area contributed by atoms with Crippen molar-refractivity contribution in [1.82, 2.24) is 5.06 Å². The highest BCUT2D eigenvalue weighted by Crippen LogP contribution is 2.16. The summed E-state index contributed by atoms with van der Waals surface area (Å²) < 4.78 is 0. The smallest absolute Gasteiger partial charge is 0.268 e. The molecule has 2 aromatic rings. The molecule has 0 saturated carbocycles. The zero-order valence-corrected chi connectivity index (χ0v) is 12.1. The molecular formula is C17H16N2O3. The van der Waals surface area contributed by atoms with Gasteiger partial charge in [-0.3, -0.25) is 10.0 Å². The quantitative estimate of drug-likeness (QED) is 0.857. The van der Waals surface area contributed by atoms with Crippen LogP contribution in [0.25, 0.3) is 5.70 Å². The van der Waals surface area contributed by atoms with Gasteiger partial charge in [0.15, 0.2) is 0 Å². The Kier molecular flexibility index (Phi) is 3.75. The number of fused-ring (bicyclic) bond motifs is 1. The molecular weight excluding hydrogens is 280 g/mol. The molecule has 2 aromatic carbocycles. The number of amides is 1. The van der Waals surface area contributed by atoms with Crippen LogP contribution < -0.4 is 10.6 Å². The number of hydrogen-bond donors (Lipinski definition) is 2. The van der Waals surface area contributed by atoms with Crippen LogP contribution in [-0.4, -0.2) is 27.8 Å². The van der Waals surface area contributed by atoms with Crippen molar-refractivity contribution in [3.63, 3.8) is 0 Å². The predicted octanol–water partition coefficient (Wildman–Crippen LogP) is 0.747. The number of benzene rings is 2. The molecule has 2 N–H and O–H groups in total. The van der Waals surface area contributed by atoms with Crippen molar-refractivity contribution in [2.75, 3.05) is 6.54 Å². The minimum atomic E-state index is -0.645. The first-order valence-electron chi connectivity index (χ1n) is 7.02. The highest BCUT2D eigenvalue weighted by molar-refractivity contribution is 5.82. The third-order valence-electron chi connectivity index (χ3n) is 3.59. The molecule has 112 valence electrons. The van der Waals surface area contributed by atoms with Crippen molar-refractivity contribution in [3.8, 4) is 0 Å². The Bertz CT molecular complexity index is 829. The van der Waals surface area contributed by atoms with E-state index in [0.29, 0.717) is 21.8 Å². The number of hydrogen-bond acceptors (Lipinski definition) is 4. The van der Waals surface area contributed by atoms with E-state index in [1.807, 2.05) is 30.3 Å². The third kappa shape index (κ3) is 2.64. The number of hydroxylamine groups is 2. The highest BCUT2D eigenvalue weighted by Gasteiger charge is 2.18. The van der Waals surface area contributed by atoms with Crippen LogP contribution in [-0.2, 0) is 4.79 Å². The highest BCUT2D eigenvalue weighted by atomic mass is 16.5. The number of aliphatic hydroxyl groups is 1. The molecule has 22 heavy (non-hydrogen) atoms. The summed E-state index contributed by atoms with van der Waals surface area (Å²) in [6, 6.07) is 14.5. The zero-order valence-electron chi connectivity index (χ0n) is 12.1. The van der Waals surface area contributed by atoms with E-state index < -0.39 is 12.0 Å². The van der Waals surface area contributed by atoms with E-state index >= 15 is 0 Å². The molecule has 1 atom stereocenters. The Hall–Kier alpha value is -2.50. The SMILES string of the molecule is CC(O)c1ccc2c(c1)=C(c1ccccc1)N(O)CC(=O)N=2. The normalized spacial score (nSPS) is 15.9. The molecule has 0 radical (unpaired) electrons. The molecule has 0 spiro atoms. The van der Waals surface area contributed by atoms with Crippen LogP contribution in [0.5, 0.6) is 0 Å². The Labute approximate surface area is 127 Å². The molecule has 0 aliphatic carbocycles. The van der Waals surface area contributed by atoms with E-state index in [1.165, 1.54) is 0 Å². The average molecular weight is 296 g/mol. The van der Waals surface area contributed by atoms with Gasteiger partial charge >= 0.3 is 0 Å². The second-order valence-corrected chi connectivity index (χ2v) is 5.23. The molecule has 5 nitrogen and oxygen atoms in total. The van der Waals surface area contributed by atoms with Gasteiger partial charge in [-0.2, -0.15) is 0 Å². The van der Waals surface area contributed by atoms with Gasteiger partial charge in [0.2, 0.25) is 0 Å². The van der Waals surface area contributed by atoms with Gasteiger partial charge in [-0.1, -0.05) is 36.4 Å². The van der Waals surface area contributed by atoms with Crippen molar-refractivity contribution < 1.29 is 15.1 Å². The first kappa shape index (κ1) is 14.4. The minimum Gasteiger partial charge on any atom is -0.389 e. The Morgan fingerprint density at radius 1 is 1.18 bits per heavy atom. The summed E-state index contributed by atoms with van der Waals surface area (Å²) in [7, 11) is 0. The van der Waals surface area contributed by atoms with Crippen LogP contribution in [0.2, 0.25) is 0 Å². The van der Waals surface area contributed by atoms with Crippen LogP contribution in [0.15, 0.2) is 53.5 Å². The summed E-state index contributed by atoms with van der Waals surface area (Å²) in [6.07, 6.45) is -0.645. The summed E-state index contributed by atoms with van der Waals surface area (Å²) in [5, 5.41) is 22.1. The predicted molar refractivity (Wildman–Crippen MR) is 80.3 cm³/mol. The molecule has 1 aliphatic rings. The van der Waals surface area contributed by atoms with Crippen LogP contribution in [0.3, 0.4) is 0 Å². The fourth-order valence-corrected chi connectivity index (χ4v) is 2.52. The van der Waals surface area contributed by atoms with Crippen LogP contribution in [0, 0.1) is 0 Å². The van der Waals surface area contributed by atoms with Gasteiger partial charge in [-0.15, -0.1) is 0 Å². The first-order valence-corrected chi connectivity index (χ1v) is 7.02. The van der Waals surface area contributed by atoms with Crippen molar-refractivity contribution in [3.05, 3.63) is 70.2 Å². The monoisotopic (exact) mass is 296 g/mol. The number of rotatable bonds is 2. The van der Waals surface area contributed by atoms with Crippen LogP contribution in [0.1, 0.15) is 24.2 Å². The molecule has 1 unspecified atom stereocenters. The number of carbonyl (C=O) groups is 1. The van der Waals surface area contributed by atoms with Crippen molar-refractivity contribution in [1.29, 1.82) is 0 Å². The summed E-state index contributed by atoms with van der Waals surface area (Å²) >= 11 is 0. The lowest BCUT2D eigenvalue weighted by Gasteiger charge is -2.18. The van der Waals surface area contributed by atoms with Crippen LogP contribution in [0.4, 0.5) is 0 Å². The molecule has 1 amide bonds. The standard InChI is InChI=1S/C17H16N2O3/c1-11(20)13-7-8-15-14(9-13)17(12-5-3-2-4-6-12)19(22)10-16(21)18-15/h2-9,11,20,22H,10H2,1H3. The Balaban J connectivity index is 2.41. The molecule has 0 bridgehead atoms. The first-order chi connectivity index (χ1) is 10.6. The molecule has 0 aromatic heterocycles. The van der Waals surface area contributed by atoms with Gasteiger partial charge < -0.3 is 5.11 Å². The summed E-state index contributed by atoms with van der Waals surface area (Å²) in [6.45, 7) is 1.46. The molecule has 0 fully saturated rings. The fourth-order valence-electron chi connectivity index (χ4n) is 2.52. The maximum Gasteiger partial charge on any atom is 0.268 e. The van der Waals surface area contributed by atoms with E-state index in [2.05, 4.69) is 4.99 Å².